The molecule has 37 heavy (non-hydrogen) atoms. The number of ketones is 1. The van der Waals surface area contributed by atoms with Crippen molar-refractivity contribution in [1.82, 2.24) is 23.6 Å². The molecule has 11 heteroatoms. The topological polar surface area (TPSA) is 94.6 Å². The van der Waals surface area contributed by atoms with Crippen LogP contribution in [0.5, 0.6) is 0 Å². The lowest BCUT2D eigenvalue weighted by Gasteiger charge is -2.44. The summed E-state index contributed by atoms with van der Waals surface area (Å²) in [6, 6.07) is 4.72. The summed E-state index contributed by atoms with van der Waals surface area (Å²) >= 11 is 3.66. The summed E-state index contributed by atoms with van der Waals surface area (Å²) in [6.45, 7) is 5.93. The number of carbonyl (C=O) groups excluding carboxylic acids is 3. The molecule has 0 radical (unpaired) electrons. The molecule has 3 heterocycles. The highest BCUT2D eigenvalue weighted by molar-refractivity contribution is 14.1. The Kier molecular flexibility index (Phi) is 8.97. The average molecular weight is 642 g/mol. The molecule has 2 saturated heterocycles. The van der Waals surface area contributed by atoms with Gasteiger partial charge in [0.2, 0.25) is 17.6 Å². The number of nitrogens with one attached hydrogen (secondary N) is 2. The molecular formula is C26H33FIN5O3S. The highest BCUT2D eigenvalue weighted by Gasteiger charge is 2.48. The number of amides is 2. The number of likely N-dealkylation sites (tertiary alicyclic amines) is 1. The molecule has 2 aliphatic heterocycles. The summed E-state index contributed by atoms with van der Waals surface area (Å²) in [5.74, 6) is -0.971. The second-order valence-electron chi connectivity index (χ2n) is 9.95. The van der Waals surface area contributed by atoms with Gasteiger partial charge in [0.15, 0.2) is 0 Å². The van der Waals surface area contributed by atoms with Gasteiger partial charge in [-0.05, 0) is 76.8 Å². The molecule has 0 aliphatic carbocycles. The van der Waals surface area contributed by atoms with Crippen molar-refractivity contribution in [3.05, 3.63) is 51.7 Å². The van der Waals surface area contributed by atoms with Gasteiger partial charge in [-0.2, -0.15) is 0 Å². The van der Waals surface area contributed by atoms with Crippen molar-refractivity contribution in [2.45, 2.75) is 57.2 Å². The lowest BCUT2D eigenvalue weighted by molar-refractivity contribution is -0.145. The minimum Gasteiger partial charge on any atom is -0.340 e. The maximum absolute atomic E-state index is 14.2. The second-order valence-corrected chi connectivity index (χ2v) is 12.2. The number of hydrogen-bond acceptors (Lipinski definition) is 7. The predicted octanol–water partition coefficient (Wildman–Crippen LogP) is 3.72. The van der Waals surface area contributed by atoms with E-state index in [4.69, 9.17) is 0 Å². The van der Waals surface area contributed by atoms with Gasteiger partial charge >= 0.3 is 0 Å². The predicted molar refractivity (Wildman–Crippen MR) is 149 cm³/mol. The fourth-order valence-corrected chi connectivity index (χ4v) is 6.61. The normalized spacial score (nSPS) is 21.4. The minimum atomic E-state index is -1.05. The van der Waals surface area contributed by atoms with Crippen molar-refractivity contribution in [1.29, 1.82) is 0 Å². The van der Waals surface area contributed by atoms with Gasteiger partial charge in [0.1, 0.15) is 22.1 Å². The molecule has 2 aromatic rings. The molecule has 3 atom stereocenters. The van der Waals surface area contributed by atoms with E-state index in [1.54, 1.807) is 19.4 Å². The number of thiazole rings is 1. The van der Waals surface area contributed by atoms with Crippen molar-refractivity contribution in [2.24, 2.45) is 5.92 Å². The van der Waals surface area contributed by atoms with Gasteiger partial charge in [0.25, 0.3) is 0 Å². The number of likely N-dealkylation sites (N-methyl/N-ethyl adjacent to an activating group) is 1. The average Bonchev–Trinajstić information content (AvgIpc) is 3.58. The molecule has 1 aromatic carbocycles. The molecule has 0 bridgehead atoms. The van der Waals surface area contributed by atoms with Gasteiger partial charge in [-0.25, -0.2) is 12.5 Å². The first-order valence-corrected chi connectivity index (χ1v) is 14.4. The van der Waals surface area contributed by atoms with Crippen LogP contribution in [0.25, 0.3) is 0 Å². The van der Waals surface area contributed by atoms with E-state index in [0.717, 1.165) is 38.8 Å². The fraction of sp³-hybridized carbons (Fsp3) is 0.538. The van der Waals surface area contributed by atoms with E-state index in [1.165, 1.54) is 35.6 Å². The molecule has 2 fully saturated rings. The molecule has 8 nitrogen and oxygen atoms in total. The van der Waals surface area contributed by atoms with Crippen LogP contribution in [0, 0.1) is 11.7 Å². The van der Waals surface area contributed by atoms with Crippen molar-refractivity contribution in [3.8, 4) is 0 Å². The van der Waals surface area contributed by atoms with E-state index in [1.807, 2.05) is 11.8 Å². The molecule has 1 aromatic heterocycles. The Hall–Kier alpha value is -1.96. The van der Waals surface area contributed by atoms with Gasteiger partial charge in [0, 0.05) is 53.4 Å². The van der Waals surface area contributed by atoms with Crippen molar-refractivity contribution in [3.63, 3.8) is 0 Å². The molecule has 4 rings (SSSR count). The molecule has 0 saturated carbocycles. The second kappa shape index (κ2) is 11.8. The van der Waals surface area contributed by atoms with E-state index in [0.29, 0.717) is 22.8 Å². The minimum absolute atomic E-state index is 0.00665. The first-order chi connectivity index (χ1) is 17.6. The van der Waals surface area contributed by atoms with E-state index >= 15 is 0 Å². The first kappa shape index (κ1) is 28.1. The lowest BCUT2D eigenvalue weighted by Crippen LogP contribution is -2.64. The summed E-state index contributed by atoms with van der Waals surface area (Å²) in [7, 11) is 1.72. The molecule has 0 spiro atoms. The Morgan fingerprint density at radius 2 is 1.84 bits per heavy atom. The van der Waals surface area contributed by atoms with Crippen LogP contribution < -0.4 is 10.6 Å². The summed E-state index contributed by atoms with van der Waals surface area (Å²) in [5, 5.41) is 8.48. The van der Waals surface area contributed by atoms with Crippen molar-refractivity contribution >= 4 is 51.8 Å². The fourth-order valence-electron chi connectivity index (χ4n) is 5.11. The largest absolute Gasteiger partial charge is 0.340 e. The summed E-state index contributed by atoms with van der Waals surface area (Å²) in [6.07, 6.45) is 3.18. The van der Waals surface area contributed by atoms with Crippen LogP contribution in [-0.2, 0) is 9.59 Å². The van der Waals surface area contributed by atoms with Crippen LogP contribution in [0.3, 0.4) is 0 Å². The maximum atomic E-state index is 14.2. The maximum Gasteiger partial charge on any atom is 0.248 e. The molecule has 200 valence electrons. The highest BCUT2D eigenvalue weighted by Crippen LogP contribution is 2.39. The molecule has 2 aliphatic rings. The third-order valence-corrected chi connectivity index (χ3v) is 9.48. The zero-order chi connectivity index (χ0) is 26.7. The Balaban J connectivity index is 1.58. The quantitative estimate of drug-likeness (QED) is 0.260. The number of halogens is 2. The highest BCUT2D eigenvalue weighted by atomic mass is 127. The Bertz CT molecular complexity index is 1140. The van der Waals surface area contributed by atoms with Crippen LogP contribution in [0.1, 0.15) is 66.6 Å². The van der Waals surface area contributed by atoms with E-state index in [9.17, 15) is 18.8 Å². The smallest absolute Gasteiger partial charge is 0.248 e. The van der Waals surface area contributed by atoms with Crippen LogP contribution in [-0.4, -0.2) is 68.9 Å². The number of carbonyl (C=O) groups is 3. The first-order valence-electron chi connectivity index (χ1n) is 12.6. The zero-order valence-electron chi connectivity index (χ0n) is 21.3. The van der Waals surface area contributed by atoms with E-state index < -0.39 is 17.4 Å². The zero-order valence-corrected chi connectivity index (χ0v) is 24.3. The number of aromatic nitrogens is 1. The van der Waals surface area contributed by atoms with Crippen LogP contribution in [0.4, 0.5) is 4.39 Å². The SMILES string of the molecule is CN[C@@H](C)C(=O)NC(C)(C(=O)N1CCC[C@H]1c1nc(C(=O)c2ccc(F)cc2)cs1)C1CCN(I)CC1. The number of rotatable bonds is 8. The number of hydrogen-bond donors (Lipinski definition) is 2. The third kappa shape index (κ3) is 6.04. The number of benzene rings is 1. The Morgan fingerprint density at radius 3 is 2.49 bits per heavy atom. The van der Waals surface area contributed by atoms with E-state index in [2.05, 4.69) is 41.6 Å². The van der Waals surface area contributed by atoms with Crippen molar-refractivity contribution < 1.29 is 18.8 Å². The van der Waals surface area contributed by atoms with Gasteiger partial charge in [-0.15, -0.1) is 11.3 Å². The summed E-state index contributed by atoms with van der Waals surface area (Å²) in [5.41, 5.74) is -0.389. The summed E-state index contributed by atoms with van der Waals surface area (Å²) in [4.78, 5) is 46.5. The number of nitrogens with zero attached hydrogens (tertiary/aromatic N) is 3. The van der Waals surface area contributed by atoms with Crippen LogP contribution in [0.2, 0.25) is 0 Å². The van der Waals surface area contributed by atoms with Gasteiger partial charge < -0.3 is 15.5 Å². The number of piperidine rings is 1. The van der Waals surface area contributed by atoms with Gasteiger partial charge in [0.05, 0.1) is 12.1 Å². The molecule has 1 unspecified atom stereocenters. The molecule has 2 N–H and O–H groups in total. The van der Waals surface area contributed by atoms with Gasteiger partial charge in [-0.3, -0.25) is 14.4 Å². The molecule has 2 amide bonds. The van der Waals surface area contributed by atoms with E-state index in [-0.39, 0.29) is 29.6 Å². The van der Waals surface area contributed by atoms with Crippen LogP contribution >= 0.6 is 34.2 Å². The Morgan fingerprint density at radius 1 is 1.16 bits per heavy atom. The van der Waals surface area contributed by atoms with Crippen LogP contribution in [0.15, 0.2) is 29.6 Å². The molecular weight excluding hydrogens is 608 g/mol. The monoisotopic (exact) mass is 641 g/mol. The Labute approximate surface area is 234 Å². The standard InChI is InChI=1S/C26H33FIN5O3S/c1-16(29-3)23(35)31-26(2,18-10-13-32(28)14-11-18)25(36)33-12-4-5-21(33)24-30-20(15-37-24)22(34)17-6-8-19(27)9-7-17/h6-9,15-16,18,21,29H,4-5,10-14H2,1-3H3,(H,31,35)/t16-,21-,26?/m0/s1. The lowest BCUT2D eigenvalue weighted by atomic mass is 9.78. The third-order valence-electron chi connectivity index (χ3n) is 7.57. The van der Waals surface area contributed by atoms with Gasteiger partial charge in [-0.1, -0.05) is 0 Å². The summed E-state index contributed by atoms with van der Waals surface area (Å²) < 4.78 is 15.5. The van der Waals surface area contributed by atoms with Crippen molar-refractivity contribution in [2.75, 3.05) is 26.7 Å².